The predicted molar refractivity (Wildman–Crippen MR) is 75.3 cm³/mol. The van der Waals surface area contributed by atoms with E-state index < -0.39 is 5.82 Å². The third-order valence-corrected chi connectivity index (χ3v) is 3.68. The maximum Gasteiger partial charge on any atom is 0.241 e. The highest BCUT2D eigenvalue weighted by Gasteiger charge is 2.20. The molecule has 1 aromatic rings. The maximum absolute atomic E-state index is 13.3. The molecule has 1 unspecified atom stereocenters. The van der Waals surface area contributed by atoms with Gasteiger partial charge in [-0.3, -0.25) is 4.79 Å². The van der Waals surface area contributed by atoms with E-state index in [1.54, 1.807) is 0 Å². The second-order valence-corrected chi connectivity index (χ2v) is 5.41. The van der Waals surface area contributed by atoms with Gasteiger partial charge in [0, 0.05) is 5.69 Å². The zero-order valence-electron chi connectivity index (χ0n) is 10.3. The molecule has 19 heavy (non-hydrogen) atoms. The minimum atomic E-state index is -0.672. The monoisotopic (exact) mass is 304 g/mol. The summed E-state index contributed by atoms with van der Waals surface area (Å²) < 4.78 is 13.3. The zero-order chi connectivity index (χ0) is 13.8. The second-order valence-electron chi connectivity index (χ2n) is 4.60. The Kier molecular flexibility index (Phi) is 5.02. The van der Waals surface area contributed by atoms with Gasteiger partial charge in [-0.05, 0) is 31.5 Å². The fraction of sp³-hybridized carbons (Fsp3) is 0.462. The molecule has 1 aliphatic heterocycles. The number of halogens is 3. The van der Waals surface area contributed by atoms with Crippen molar-refractivity contribution in [3.05, 3.63) is 28.0 Å². The second kappa shape index (κ2) is 6.55. The molecule has 2 N–H and O–H groups in total. The van der Waals surface area contributed by atoms with Crippen LogP contribution < -0.4 is 10.6 Å². The van der Waals surface area contributed by atoms with Crippen molar-refractivity contribution in [3.63, 3.8) is 0 Å². The highest BCUT2D eigenvalue weighted by Crippen LogP contribution is 2.27. The summed E-state index contributed by atoms with van der Waals surface area (Å²) in [6, 6.07) is 2.50. The Hall–Kier alpha value is -0.840. The van der Waals surface area contributed by atoms with Crippen molar-refractivity contribution < 1.29 is 9.18 Å². The summed E-state index contributed by atoms with van der Waals surface area (Å²) >= 11 is 11.4. The minimum absolute atomic E-state index is 0.100. The minimum Gasteiger partial charge on any atom is -0.325 e. The average Bonchev–Trinajstić information content (AvgIpc) is 2.64. The van der Waals surface area contributed by atoms with Gasteiger partial charge in [0.2, 0.25) is 5.91 Å². The largest absolute Gasteiger partial charge is 0.325 e. The SMILES string of the molecule is O=C(Nc1cc(Cl)c(F)c(Cl)c1)C1CCCCCN1. The molecule has 1 aliphatic rings. The molecule has 104 valence electrons. The smallest absolute Gasteiger partial charge is 0.241 e. The van der Waals surface area contributed by atoms with Crippen molar-refractivity contribution in [2.24, 2.45) is 0 Å². The molecule has 0 radical (unpaired) electrons. The van der Waals surface area contributed by atoms with Gasteiger partial charge >= 0.3 is 0 Å². The van der Waals surface area contributed by atoms with Gasteiger partial charge < -0.3 is 10.6 Å². The molecule has 3 nitrogen and oxygen atoms in total. The van der Waals surface area contributed by atoms with Crippen LogP contribution in [0.15, 0.2) is 12.1 Å². The number of benzene rings is 1. The Morgan fingerprint density at radius 3 is 2.63 bits per heavy atom. The topological polar surface area (TPSA) is 41.1 Å². The lowest BCUT2D eigenvalue weighted by molar-refractivity contribution is -0.118. The van der Waals surface area contributed by atoms with Crippen LogP contribution in [0.2, 0.25) is 10.0 Å². The lowest BCUT2D eigenvalue weighted by atomic mass is 10.1. The number of amides is 1. The summed E-state index contributed by atoms with van der Waals surface area (Å²) in [7, 11) is 0. The zero-order valence-corrected chi connectivity index (χ0v) is 11.8. The average molecular weight is 305 g/mol. The van der Waals surface area contributed by atoms with E-state index in [4.69, 9.17) is 23.2 Å². The van der Waals surface area contributed by atoms with Crippen LogP contribution in [0.4, 0.5) is 10.1 Å². The van der Waals surface area contributed by atoms with E-state index >= 15 is 0 Å². The lowest BCUT2D eigenvalue weighted by Gasteiger charge is -2.16. The molecule has 1 fully saturated rings. The van der Waals surface area contributed by atoms with E-state index in [1.165, 1.54) is 12.1 Å². The molecule has 1 heterocycles. The van der Waals surface area contributed by atoms with E-state index in [0.717, 1.165) is 32.2 Å². The van der Waals surface area contributed by atoms with Crippen molar-refractivity contribution in [1.29, 1.82) is 0 Å². The molecule has 1 saturated heterocycles. The summed E-state index contributed by atoms with van der Waals surface area (Å²) in [5.74, 6) is -0.811. The first-order valence-corrected chi connectivity index (χ1v) is 7.02. The van der Waals surface area contributed by atoms with Crippen LogP contribution >= 0.6 is 23.2 Å². The van der Waals surface area contributed by atoms with Gasteiger partial charge in [-0.1, -0.05) is 36.0 Å². The Morgan fingerprint density at radius 2 is 1.95 bits per heavy atom. The standard InChI is InChI=1S/C13H15Cl2FN2O/c14-9-6-8(7-10(15)12(9)16)18-13(19)11-4-2-1-3-5-17-11/h6-7,11,17H,1-5H2,(H,18,19). The first kappa shape index (κ1) is 14.6. The molecule has 2 rings (SSSR count). The van der Waals surface area contributed by atoms with E-state index in [-0.39, 0.29) is 22.0 Å². The molecular formula is C13H15Cl2FN2O. The predicted octanol–water partition coefficient (Wildman–Crippen LogP) is 3.60. The third-order valence-electron chi connectivity index (χ3n) is 3.13. The van der Waals surface area contributed by atoms with Gasteiger partial charge in [0.15, 0.2) is 5.82 Å². The fourth-order valence-electron chi connectivity index (χ4n) is 2.11. The van der Waals surface area contributed by atoms with Crippen molar-refractivity contribution in [3.8, 4) is 0 Å². The Balaban J connectivity index is 2.05. The van der Waals surface area contributed by atoms with Gasteiger partial charge in [0.25, 0.3) is 0 Å². The Labute approximate surface area is 121 Å². The molecule has 0 bridgehead atoms. The molecule has 1 aromatic carbocycles. The van der Waals surface area contributed by atoms with E-state index in [9.17, 15) is 9.18 Å². The van der Waals surface area contributed by atoms with Crippen LogP contribution in [0.25, 0.3) is 0 Å². The number of nitrogens with one attached hydrogen (secondary N) is 2. The Bertz CT molecular complexity index is 451. The van der Waals surface area contributed by atoms with Crippen LogP contribution in [0.5, 0.6) is 0 Å². The lowest BCUT2D eigenvalue weighted by Crippen LogP contribution is -2.39. The number of anilines is 1. The first-order valence-electron chi connectivity index (χ1n) is 6.26. The van der Waals surface area contributed by atoms with Crippen molar-refractivity contribution in [2.75, 3.05) is 11.9 Å². The van der Waals surface area contributed by atoms with Gasteiger partial charge in [0.05, 0.1) is 16.1 Å². The molecular weight excluding hydrogens is 290 g/mol. The molecule has 0 aliphatic carbocycles. The quantitative estimate of drug-likeness (QED) is 0.820. The number of rotatable bonds is 2. The van der Waals surface area contributed by atoms with E-state index in [2.05, 4.69) is 10.6 Å². The summed E-state index contributed by atoms with van der Waals surface area (Å²) in [5, 5.41) is 5.70. The molecule has 0 spiro atoms. The van der Waals surface area contributed by atoms with Crippen molar-refractivity contribution in [2.45, 2.75) is 31.7 Å². The summed E-state index contributed by atoms with van der Waals surface area (Å²) in [4.78, 5) is 12.1. The molecule has 0 aromatic heterocycles. The number of hydrogen-bond donors (Lipinski definition) is 2. The van der Waals surface area contributed by atoms with Crippen molar-refractivity contribution in [1.82, 2.24) is 5.32 Å². The molecule has 1 atom stereocenters. The Morgan fingerprint density at radius 1 is 1.26 bits per heavy atom. The number of carbonyl (C=O) groups excluding carboxylic acids is 1. The third kappa shape index (κ3) is 3.81. The van der Waals surface area contributed by atoms with Gasteiger partial charge in [-0.15, -0.1) is 0 Å². The molecule has 1 amide bonds. The van der Waals surface area contributed by atoms with Crippen molar-refractivity contribution >= 4 is 34.8 Å². The van der Waals surface area contributed by atoms with Gasteiger partial charge in [-0.25, -0.2) is 4.39 Å². The first-order chi connectivity index (χ1) is 9.08. The van der Waals surface area contributed by atoms with Crippen LogP contribution in [-0.4, -0.2) is 18.5 Å². The van der Waals surface area contributed by atoms with E-state index in [0.29, 0.717) is 5.69 Å². The maximum atomic E-state index is 13.3. The van der Waals surface area contributed by atoms with Crippen LogP contribution in [-0.2, 0) is 4.79 Å². The van der Waals surface area contributed by atoms with Crippen LogP contribution in [0, 0.1) is 5.82 Å². The number of hydrogen-bond acceptors (Lipinski definition) is 2. The van der Waals surface area contributed by atoms with Gasteiger partial charge in [0.1, 0.15) is 0 Å². The van der Waals surface area contributed by atoms with E-state index in [1.807, 2.05) is 0 Å². The van der Waals surface area contributed by atoms with Gasteiger partial charge in [-0.2, -0.15) is 0 Å². The number of carbonyl (C=O) groups is 1. The highest BCUT2D eigenvalue weighted by molar-refractivity contribution is 6.35. The summed E-state index contributed by atoms with van der Waals surface area (Å²) in [6.45, 7) is 0.836. The molecule has 6 heteroatoms. The highest BCUT2D eigenvalue weighted by atomic mass is 35.5. The normalized spacial score (nSPS) is 19.8. The molecule has 0 saturated carbocycles. The van der Waals surface area contributed by atoms with Crippen LogP contribution in [0.1, 0.15) is 25.7 Å². The van der Waals surface area contributed by atoms with Crippen LogP contribution in [0.3, 0.4) is 0 Å². The summed E-state index contributed by atoms with van der Waals surface area (Å²) in [5.41, 5.74) is 0.410. The fourth-order valence-corrected chi connectivity index (χ4v) is 2.60. The summed E-state index contributed by atoms with van der Waals surface area (Å²) in [6.07, 6.45) is 4.04.